The zero-order valence-corrected chi connectivity index (χ0v) is 10.8. The van der Waals surface area contributed by atoms with Crippen LogP contribution < -0.4 is 11.1 Å². The van der Waals surface area contributed by atoms with Gasteiger partial charge in [-0.05, 0) is 54.1 Å². The zero-order valence-electron chi connectivity index (χ0n) is 10.0. The molecule has 1 saturated carbocycles. The van der Waals surface area contributed by atoms with Gasteiger partial charge in [0.2, 0.25) is 5.91 Å². The van der Waals surface area contributed by atoms with Crippen LogP contribution in [0.4, 0.5) is 0 Å². The Hall–Kier alpha value is -0.870. The van der Waals surface area contributed by atoms with Gasteiger partial charge < -0.3 is 11.1 Å². The van der Waals surface area contributed by atoms with E-state index in [1.54, 1.807) is 11.3 Å². The highest BCUT2D eigenvalue weighted by atomic mass is 32.1. The summed E-state index contributed by atoms with van der Waals surface area (Å²) in [6, 6.07) is 2.11. The van der Waals surface area contributed by atoms with E-state index in [1.165, 1.54) is 5.56 Å². The molecule has 0 saturated heterocycles. The SMILES string of the molecule is NC[C@H]1CCC[C@H]1C(=O)NCCc1ccsc1. The molecule has 1 aromatic rings. The lowest BCUT2D eigenvalue weighted by molar-refractivity contribution is -0.125. The monoisotopic (exact) mass is 252 g/mol. The third kappa shape index (κ3) is 3.30. The van der Waals surface area contributed by atoms with Crippen LogP contribution in [0.3, 0.4) is 0 Å². The summed E-state index contributed by atoms with van der Waals surface area (Å²) in [6.45, 7) is 1.38. The second kappa shape index (κ2) is 6.17. The summed E-state index contributed by atoms with van der Waals surface area (Å²) in [7, 11) is 0. The molecule has 1 aliphatic rings. The second-order valence-corrected chi connectivity index (χ2v) is 5.49. The van der Waals surface area contributed by atoms with Gasteiger partial charge in [-0.3, -0.25) is 4.79 Å². The minimum Gasteiger partial charge on any atom is -0.356 e. The topological polar surface area (TPSA) is 55.1 Å². The van der Waals surface area contributed by atoms with Crippen molar-refractivity contribution in [3.05, 3.63) is 22.4 Å². The van der Waals surface area contributed by atoms with Crippen LogP contribution in [0.25, 0.3) is 0 Å². The molecule has 3 N–H and O–H groups in total. The summed E-state index contributed by atoms with van der Waals surface area (Å²) >= 11 is 1.70. The lowest BCUT2D eigenvalue weighted by Gasteiger charge is -2.17. The molecule has 94 valence electrons. The normalized spacial score (nSPS) is 23.8. The number of rotatable bonds is 5. The van der Waals surface area contributed by atoms with E-state index in [1.807, 2.05) is 0 Å². The number of hydrogen-bond donors (Lipinski definition) is 2. The summed E-state index contributed by atoms with van der Waals surface area (Å²) in [5.41, 5.74) is 6.99. The van der Waals surface area contributed by atoms with Crippen LogP contribution in [0.2, 0.25) is 0 Å². The van der Waals surface area contributed by atoms with Crippen molar-refractivity contribution >= 4 is 17.2 Å². The average Bonchev–Trinajstić information content (AvgIpc) is 2.99. The highest BCUT2D eigenvalue weighted by Gasteiger charge is 2.31. The average molecular weight is 252 g/mol. The van der Waals surface area contributed by atoms with Gasteiger partial charge in [0, 0.05) is 12.5 Å². The summed E-state index contributed by atoms with van der Waals surface area (Å²) in [5.74, 6) is 0.756. The highest BCUT2D eigenvalue weighted by Crippen LogP contribution is 2.30. The van der Waals surface area contributed by atoms with Crippen LogP contribution in [-0.2, 0) is 11.2 Å². The molecule has 3 nitrogen and oxygen atoms in total. The lowest BCUT2D eigenvalue weighted by Crippen LogP contribution is -2.36. The molecule has 1 amide bonds. The number of carbonyl (C=O) groups excluding carboxylic acids is 1. The molecule has 1 aromatic heterocycles. The predicted octanol–water partition coefficient (Wildman–Crippen LogP) is 1.78. The largest absolute Gasteiger partial charge is 0.356 e. The lowest BCUT2D eigenvalue weighted by atomic mass is 9.95. The van der Waals surface area contributed by atoms with E-state index in [0.717, 1.165) is 32.2 Å². The second-order valence-electron chi connectivity index (χ2n) is 4.71. The van der Waals surface area contributed by atoms with Crippen molar-refractivity contribution in [1.29, 1.82) is 0 Å². The van der Waals surface area contributed by atoms with Crippen LogP contribution in [-0.4, -0.2) is 19.0 Å². The van der Waals surface area contributed by atoms with Gasteiger partial charge in [0.1, 0.15) is 0 Å². The smallest absolute Gasteiger partial charge is 0.223 e. The highest BCUT2D eigenvalue weighted by molar-refractivity contribution is 7.07. The Labute approximate surface area is 106 Å². The molecule has 1 heterocycles. The van der Waals surface area contributed by atoms with E-state index in [0.29, 0.717) is 12.5 Å². The summed E-state index contributed by atoms with van der Waals surface area (Å²) in [4.78, 5) is 12.0. The molecule has 4 heteroatoms. The maximum atomic E-state index is 12.0. The Bertz CT molecular complexity index is 350. The van der Waals surface area contributed by atoms with Crippen molar-refractivity contribution in [2.24, 2.45) is 17.6 Å². The first-order chi connectivity index (χ1) is 8.31. The zero-order chi connectivity index (χ0) is 12.1. The van der Waals surface area contributed by atoms with Gasteiger partial charge in [0.05, 0.1) is 0 Å². The van der Waals surface area contributed by atoms with Crippen LogP contribution >= 0.6 is 11.3 Å². The van der Waals surface area contributed by atoms with E-state index in [-0.39, 0.29) is 11.8 Å². The van der Waals surface area contributed by atoms with Crippen LogP contribution in [0.1, 0.15) is 24.8 Å². The maximum absolute atomic E-state index is 12.0. The van der Waals surface area contributed by atoms with Gasteiger partial charge in [0.15, 0.2) is 0 Å². The van der Waals surface area contributed by atoms with E-state index in [9.17, 15) is 4.79 Å². The first-order valence-electron chi connectivity index (χ1n) is 6.30. The molecule has 2 atom stereocenters. The predicted molar refractivity (Wildman–Crippen MR) is 70.9 cm³/mol. The summed E-state index contributed by atoms with van der Waals surface area (Å²) < 4.78 is 0. The van der Waals surface area contributed by atoms with Crippen LogP contribution in [0.5, 0.6) is 0 Å². The molecule has 1 fully saturated rings. The molecule has 0 spiro atoms. The van der Waals surface area contributed by atoms with E-state index >= 15 is 0 Å². The van der Waals surface area contributed by atoms with Crippen molar-refractivity contribution in [1.82, 2.24) is 5.32 Å². The minimum atomic E-state index is 0.155. The van der Waals surface area contributed by atoms with Gasteiger partial charge in [0.25, 0.3) is 0 Å². The third-order valence-electron chi connectivity index (χ3n) is 3.59. The molecular formula is C13H20N2OS. The Morgan fingerprint density at radius 2 is 2.41 bits per heavy atom. The van der Waals surface area contributed by atoms with Crippen LogP contribution in [0, 0.1) is 11.8 Å². The molecule has 0 aliphatic heterocycles. The van der Waals surface area contributed by atoms with Gasteiger partial charge in [-0.25, -0.2) is 0 Å². The Morgan fingerprint density at radius 1 is 1.53 bits per heavy atom. The van der Waals surface area contributed by atoms with E-state index in [4.69, 9.17) is 5.73 Å². The fraction of sp³-hybridized carbons (Fsp3) is 0.615. The van der Waals surface area contributed by atoms with Gasteiger partial charge in [-0.2, -0.15) is 11.3 Å². The molecular weight excluding hydrogens is 232 g/mol. The number of nitrogens with one attached hydrogen (secondary N) is 1. The van der Waals surface area contributed by atoms with Crippen molar-refractivity contribution in [2.45, 2.75) is 25.7 Å². The summed E-state index contributed by atoms with van der Waals surface area (Å²) in [5, 5.41) is 7.23. The summed E-state index contributed by atoms with van der Waals surface area (Å²) in [6.07, 6.45) is 4.19. The standard InChI is InChI=1S/C13H20N2OS/c14-8-11-2-1-3-12(11)13(16)15-6-4-10-5-7-17-9-10/h5,7,9,11-12H,1-4,6,8,14H2,(H,15,16)/t11-,12-/m1/s1. The first kappa shape index (κ1) is 12.6. The Morgan fingerprint density at radius 3 is 3.12 bits per heavy atom. The molecule has 0 unspecified atom stereocenters. The van der Waals surface area contributed by atoms with Crippen molar-refractivity contribution in [2.75, 3.05) is 13.1 Å². The molecule has 2 rings (SSSR count). The minimum absolute atomic E-state index is 0.155. The molecule has 0 aromatic carbocycles. The van der Waals surface area contributed by atoms with Gasteiger partial charge in [-0.1, -0.05) is 6.42 Å². The quantitative estimate of drug-likeness (QED) is 0.839. The maximum Gasteiger partial charge on any atom is 0.223 e. The number of hydrogen-bond acceptors (Lipinski definition) is 3. The molecule has 0 bridgehead atoms. The first-order valence-corrected chi connectivity index (χ1v) is 7.24. The molecule has 0 radical (unpaired) electrons. The van der Waals surface area contributed by atoms with Gasteiger partial charge in [-0.15, -0.1) is 0 Å². The number of nitrogens with two attached hydrogens (primary N) is 1. The van der Waals surface area contributed by atoms with Gasteiger partial charge >= 0.3 is 0 Å². The number of carbonyl (C=O) groups is 1. The van der Waals surface area contributed by atoms with Crippen molar-refractivity contribution in [3.63, 3.8) is 0 Å². The molecule has 17 heavy (non-hydrogen) atoms. The Balaban J connectivity index is 1.73. The molecule has 1 aliphatic carbocycles. The van der Waals surface area contributed by atoms with E-state index in [2.05, 4.69) is 22.1 Å². The third-order valence-corrected chi connectivity index (χ3v) is 4.32. The van der Waals surface area contributed by atoms with E-state index < -0.39 is 0 Å². The van der Waals surface area contributed by atoms with Crippen molar-refractivity contribution < 1.29 is 4.79 Å². The fourth-order valence-electron chi connectivity index (χ4n) is 2.56. The number of thiophene rings is 1. The van der Waals surface area contributed by atoms with Crippen molar-refractivity contribution in [3.8, 4) is 0 Å². The number of amides is 1. The Kier molecular flexibility index (Phi) is 4.57. The van der Waals surface area contributed by atoms with Crippen LogP contribution in [0.15, 0.2) is 16.8 Å². The fourth-order valence-corrected chi connectivity index (χ4v) is 3.26.